The van der Waals surface area contributed by atoms with Gasteiger partial charge in [0.2, 0.25) is 15.9 Å². The van der Waals surface area contributed by atoms with Gasteiger partial charge in [0.1, 0.15) is 10.9 Å². The number of pyridine rings is 1. The Labute approximate surface area is 110 Å². The molecule has 0 saturated carbocycles. The van der Waals surface area contributed by atoms with E-state index in [1.165, 1.54) is 25.4 Å². The third-order valence-electron chi connectivity index (χ3n) is 2.76. The lowest BCUT2D eigenvalue weighted by molar-refractivity contribution is -0.126. The monoisotopic (exact) mass is 289 g/mol. The lowest BCUT2D eigenvalue weighted by Crippen LogP contribution is -2.55. The second-order valence-corrected chi connectivity index (χ2v) is 6.16. The SMILES string of the molecule is CC1C(=O)NCCN1S(=O)(=O)c1cnccc1Cl. The number of rotatable bonds is 2. The van der Waals surface area contributed by atoms with Crippen LogP contribution < -0.4 is 5.32 Å². The van der Waals surface area contributed by atoms with Crippen LogP contribution in [0.3, 0.4) is 0 Å². The average molecular weight is 290 g/mol. The summed E-state index contributed by atoms with van der Waals surface area (Å²) in [5.74, 6) is -0.315. The van der Waals surface area contributed by atoms with Crippen LogP contribution in [-0.4, -0.2) is 42.7 Å². The van der Waals surface area contributed by atoms with Crippen molar-refractivity contribution in [2.75, 3.05) is 13.1 Å². The van der Waals surface area contributed by atoms with Crippen LogP contribution >= 0.6 is 11.6 Å². The number of carbonyl (C=O) groups excluding carboxylic acids is 1. The molecule has 2 rings (SSSR count). The largest absolute Gasteiger partial charge is 0.353 e. The lowest BCUT2D eigenvalue weighted by atomic mass is 10.2. The summed E-state index contributed by atoms with van der Waals surface area (Å²) in [5, 5.41) is 2.71. The zero-order valence-electron chi connectivity index (χ0n) is 9.63. The molecule has 0 aliphatic carbocycles. The van der Waals surface area contributed by atoms with Gasteiger partial charge in [0.15, 0.2) is 0 Å². The fourth-order valence-corrected chi connectivity index (χ4v) is 3.77. The van der Waals surface area contributed by atoms with Crippen LogP contribution in [0.2, 0.25) is 5.02 Å². The predicted octanol–water partition coefficient (Wildman–Crippen LogP) is 0.244. The molecule has 1 saturated heterocycles. The zero-order chi connectivity index (χ0) is 13.3. The van der Waals surface area contributed by atoms with Gasteiger partial charge in [-0.2, -0.15) is 4.31 Å². The summed E-state index contributed by atoms with van der Waals surface area (Å²) in [7, 11) is -3.80. The van der Waals surface area contributed by atoms with E-state index in [4.69, 9.17) is 11.6 Å². The number of nitrogens with zero attached hydrogens (tertiary/aromatic N) is 2. The molecule has 0 bridgehead atoms. The van der Waals surface area contributed by atoms with Crippen molar-refractivity contribution in [2.24, 2.45) is 0 Å². The number of nitrogens with one attached hydrogen (secondary N) is 1. The first-order chi connectivity index (χ1) is 8.44. The molecular formula is C10H12ClN3O3S. The van der Waals surface area contributed by atoms with Crippen LogP contribution in [0, 0.1) is 0 Å². The number of piperazine rings is 1. The van der Waals surface area contributed by atoms with Crippen LogP contribution in [0.25, 0.3) is 0 Å². The lowest BCUT2D eigenvalue weighted by Gasteiger charge is -2.31. The molecular weight excluding hydrogens is 278 g/mol. The molecule has 1 amide bonds. The fraction of sp³-hybridized carbons (Fsp3) is 0.400. The Balaban J connectivity index is 2.43. The normalized spacial score (nSPS) is 21.7. The number of hydrogen-bond donors (Lipinski definition) is 1. The maximum absolute atomic E-state index is 12.4. The quantitative estimate of drug-likeness (QED) is 0.846. The smallest absolute Gasteiger partial charge is 0.246 e. The fourth-order valence-electron chi connectivity index (χ4n) is 1.77. The molecule has 0 spiro atoms. The number of aromatic nitrogens is 1. The van der Waals surface area contributed by atoms with Crippen molar-refractivity contribution in [2.45, 2.75) is 17.9 Å². The summed E-state index contributed by atoms with van der Waals surface area (Å²) in [6, 6.07) is 0.656. The van der Waals surface area contributed by atoms with Gasteiger partial charge in [0.25, 0.3) is 0 Å². The van der Waals surface area contributed by atoms with Crippen LogP contribution in [0.5, 0.6) is 0 Å². The maximum atomic E-state index is 12.4. The highest BCUT2D eigenvalue weighted by Gasteiger charge is 2.36. The summed E-state index contributed by atoms with van der Waals surface area (Å²) in [4.78, 5) is 15.2. The van der Waals surface area contributed by atoms with E-state index < -0.39 is 16.1 Å². The van der Waals surface area contributed by atoms with Gasteiger partial charge in [-0.15, -0.1) is 0 Å². The number of sulfonamides is 1. The molecule has 18 heavy (non-hydrogen) atoms. The molecule has 8 heteroatoms. The first-order valence-electron chi connectivity index (χ1n) is 5.33. The average Bonchev–Trinajstić information content (AvgIpc) is 2.32. The Hall–Kier alpha value is -1.18. The Morgan fingerprint density at radius 2 is 2.28 bits per heavy atom. The topological polar surface area (TPSA) is 79.4 Å². The number of hydrogen-bond acceptors (Lipinski definition) is 4. The van der Waals surface area contributed by atoms with E-state index in [1.54, 1.807) is 0 Å². The molecule has 1 aromatic rings. The van der Waals surface area contributed by atoms with Crippen LogP contribution in [0.15, 0.2) is 23.4 Å². The second kappa shape index (κ2) is 4.83. The molecule has 1 aliphatic rings. The van der Waals surface area contributed by atoms with Gasteiger partial charge in [-0.3, -0.25) is 9.78 Å². The van der Waals surface area contributed by atoms with Crippen molar-refractivity contribution < 1.29 is 13.2 Å². The van der Waals surface area contributed by atoms with Crippen molar-refractivity contribution in [1.29, 1.82) is 0 Å². The summed E-state index contributed by atoms with van der Waals surface area (Å²) >= 11 is 5.87. The minimum atomic E-state index is -3.80. The third kappa shape index (κ3) is 2.21. The van der Waals surface area contributed by atoms with E-state index in [1.807, 2.05) is 0 Å². The molecule has 1 N–H and O–H groups in total. The Bertz CT molecular complexity index is 575. The van der Waals surface area contributed by atoms with Crippen molar-refractivity contribution in [3.05, 3.63) is 23.5 Å². The third-order valence-corrected chi connectivity index (χ3v) is 5.20. The van der Waals surface area contributed by atoms with E-state index >= 15 is 0 Å². The van der Waals surface area contributed by atoms with Gasteiger partial charge in [0.05, 0.1) is 5.02 Å². The van der Waals surface area contributed by atoms with E-state index in [2.05, 4.69) is 10.3 Å². The Morgan fingerprint density at radius 1 is 1.56 bits per heavy atom. The van der Waals surface area contributed by atoms with E-state index in [0.29, 0.717) is 6.54 Å². The predicted molar refractivity (Wildman–Crippen MR) is 65.6 cm³/mol. The summed E-state index contributed by atoms with van der Waals surface area (Å²) < 4.78 is 25.9. The van der Waals surface area contributed by atoms with Crippen LogP contribution in [0.4, 0.5) is 0 Å². The minimum absolute atomic E-state index is 0.0757. The van der Waals surface area contributed by atoms with E-state index in [9.17, 15) is 13.2 Å². The molecule has 1 unspecified atom stereocenters. The molecule has 1 aliphatic heterocycles. The van der Waals surface area contributed by atoms with Gasteiger partial charge in [-0.1, -0.05) is 11.6 Å². The molecule has 1 fully saturated rings. The highest BCUT2D eigenvalue weighted by atomic mass is 35.5. The van der Waals surface area contributed by atoms with Crippen LogP contribution in [0.1, 0.15) is 6.92 Å². The van der Waals surface area contributed by atoms with Crippen molar-refractivity contribution >= 4 is 27.5 Å². The number of amides is 1. The second-order valence-electron chi connectivity index (χ2n) is 3.89. The molecule has 2 heterocycles. The first-order valence-corrected chi connectivity index (χ1v) is 7.15. The summed E-state index contributed by atoms with van der Waals surface area (Å²) in [5.41, 5.74) is 0. The van der Waals surface area contributed by atoms with Crippen LogP contribution in [-0.2, 0) is 14.8 Å². The maximum Gasteiger partial charge on any atom is 0.246 e. The molecule has 1 atom stereocenters. The summed E-state index contributed by atoms with van der Waals surface area (Å²) in [6.45, 7) is 2.05. The first kappa shape index (κ1) is 13.3. The Kier molecular flexibility index (Phi) is 3.56. The van der Waals surface area contributed by atoms with Gasteiger partial charge in [0, 0.05) is 25.5 Å². The molecule has 98 valence electrons. The molecule has 1 aromatic heterocycles. The molecule has 0 aromatic carbocycles. The standard InChI is InChI=1S/C10H12ClN3O3S/c1-7-10(15)13-4-5-14(7)18(16,17)9-6-12-3-2-8(9)11/h2-3,6-7H,4-5H2,1H3,(H,13,15). The highest BCUT2D eigenvalue weighted by molar-refractivity contribution is 7.89. The van der Waals surface area contributed by atoms with Gasteiger partial charge < -0.3 is 5.32 Å². The van der Waals surface area contributed by atoms with E-state index in [-0.39, 0.29) is 22.4 Å². The van der Waals surface area contributed by atoms with Gasteiger partial charge in [-0.05, 0) is 13.0 Å². The van der Waals surface area contributed by atoms with Crippen molar-refractivity contribution in [3.8, 4) is 0 Å². The van der Waals surface area contributed by atoms with Crippen molar-refractivity contribution in [1.82, 2.24) is 14.6 Å². The number of carbonyl (C=O) groups is 1. The number of halogens is 1. The zero-order valence-corrected chi connectivity index (χ0v) is 11.2. The van der Waals surface area contributed by atoms with Gasteiger partial charge >= 0.3 is 0 Å². The molecule has 6 nitrogen and oxygen atoms in total. The minimum Gasteiger partial charge on any atom is -0.353 e. The molecule has 0 radical (unpaired) electrons. The van der Waals surface area contributed by atoms with Crippen molar-refractivity contribution in [3.63, 3.8) is 0 Å². The Morgan fingerprint density at radius 3 is 2.94 bits per heavy atom. The highest BCUT2D eigenvalue weighted by Crippen LogP contribution is 2.25. The van der Waals surface area contributed by atoms with E-state index in [0.717, 1.165) is 4.31 Å². The summed E-state index contributed by atoms with van der Waals surface area (Å²) in [6.07, 6.45) is 2.60. The van der Waals surface area contributed by atoms with Gasteiger partial charge in [-0.25, -0.2) is 8.42 Å².